The van der Waals surface area contributed by atoms with Crippen LogP contribution in [0.25, 0.3) is 0 Å². The number of fused-ring (bicyclic) bond motifs is 1. The summed E-state index contributed by atoms with van der Waals surface area (Å²) in [5.74, 6) is 1.99. The van der Waals surface area contributed by atoms with Gasteiger partial charge in [0.1, 0.15) is 13.0 Å². The molecule has 6 heteroatoms. The topological polar surface area (TPSA) is 39.7 Å². The molecule has 5 unspecified atom stereocenters. The molecule has 0 bridgehead atoms. The first-order valence-corrected chi connectivity index (χ1v) is 9.99. The second kappa shape index (κ2) is 9.32. The van der Waals surface area contributed by atoms with Gasteiger partial charge in [-0.15, -0.1) is 12.4 Å². The third-order valence-electron chi connectivity index (χ3n) is 6.77. The van der Waals surface area contributed by atoms with Crippen molar-refractivity contribution < 1.29 is 18.6 Å². The van der Waals surface area contributed by atoms with Crippen LogP contribution in [0.2, 0.25) is 0 Å². The Morgan fingerprint density at radius 1 is 0.960 bits per heavy atom. The van der Waals surface area contributed by atoms with Crippen molar-refractivity contribution in [2.75, 3.05) is 26.5 Å². The van der Waals surface area contributed by atoms with E-state index in [1.807, 2.05) is 0 Å². The normalized spacial score (nSPS) is 44.8. The number of halogens is 2. The average molecular weight is 378 g/mol. The lowest BCUT2D eigenvalue weighted by atomic mass is 9.71. The zero-order chi connectivity index (χ0) is 16.4. The van der Waals surface area contributed by atoms with Crippen molar-refractivity contribution in [1.82, 2.24) is 5.32 Å². The second-order valence-electron chi connectivity index (χ2n) is 8.23. The Kier molecular flexibility index (Phi) is 7.38. The molecule has 2 heterocycles. The minimum atomic E-state index is -0.554. The Balaban J connectivity index is 0.00000182. The van der Waals surface area contributed by atoms with Crippen LogP contribution in [0, 0.1) is 17.8 Å². The highest BCUT2D eigenvalue weighted by molar-refractivity contribution is 5.85. The molecule has 25 heavy (non-hydrogen) atoms. The summed E-state index contributed by atoms with van der Waals surface area (Å²) in [7, 11) is 0. The lowest BCUT2D eigenvalue weighted by Crippen LogP contribution is -2.44. The molecule has 4 fully saturated rings. The third kappa shape index (κ3) is 4.86. The maximum atomic E-state index is 13.5. The summed E-state index contributed by atoms with van der Waals surface area (Å²) in [5, 5.41) is 3.54. The zero-order valence-electron chi connectivity index (χ0n) is 15.0. The van der Waals surface area contributed by atoms with Crippen molar-refractivity contribution in [3.63, 3.8) is 0 Å². The highest BCUT2D eigenvalue weighted by atomic mass is 35.5. The van der Waals surface area contributed by atoms with Crippen LogP contribution >= 0.6 is 12.4 Å². The van der Waals surface area contributed by atoms with Crippen LogP contribution in [-0.4, -0.2) is 51.0 Å². The summed E-state index contributed by atoms with van der Waals surface area (Å²) in [5.41, 5.74) is 0. The van der Waals surface area contributed by atoms with E-state index >= 15 is 0 Å². The molecular weight excluding hydrogens is 345 g/mol. The van der Waals surface area contributed by atoms with Crippen molar-refractivity contribution in [3.8, 4) is 0 Å². The molecule has 2 aliphatic heterocycles. The van der Waals surface area contributed by atoms with Crippen molar-refractivity contribution >= 4 is 12.4 Å². The van der Waals surface area contributed by atoms with Crippen molar-refractivity contribution in [1.29, 1.82) is 0 Å². The smallest absolute Gasteiger partial charge is 0.147 e. The van der Waals surface area contributed by atoms with Crippen LogP contribution in [0.5, 0.6) is 0 Å². The molecule has 146 valence electrons. The van der Waals surface area contributed by atoms with Crippen LogP contribution in [0.1, 0.15) is 51.4 Å². The Morgan fingerprint density at radius 3 is 2.60 bits per heavy atom. The zero-order valence-corrected chi connectivity index (χ0v) is 15.9. The predicted octanol–water partition coefficient (Wildman–Crippen LogP) is 3.47. The molecule has 4 rings (SSSR count). The molecular formula is C19H33ClFNO3. The molecule has 0 aromatic heterocycles. The van der Waals surface area contributed by atoms with Gasteiger partial charge < -0.3 is 19.5 Å². The number of hydrogen-bond acceptors (Lipinski definition) is 4. The lowest BCUT2D eigenvalue weighted by molar-refractivity contribution is -0.0519. The van der Waals surface area contributed by atoms with Gasteiger partial charge in [0.25, 0.3) is 0 Å². The van der Waals surface area contributed by atoms with E-state index in [-0.39, 0.29) is 18.5 Å². The molecule has 0 amide bonds. The molecule has 0 aromatic rings. The van der Waals surface area contributed by atoms with Gasteiger partial charge in [-0.05, 0) is 69.2 Å². The van der Waals surface area contributed by atoms with Gasteiger partial charge in [0.2, 0.25) is 0 Å². The molecule has 1 N–H and O–H groups in total. The molecule has 0 radical (unpaired) electrons. The van der Waals surface area contributed by atoms with E-state index < -0.39 is 6.17 Å². The van der Waals surface area contributed by atoms with Crippen LogP contribution < -0.4 is 5.32 Å². The summed E-state index contributed by atoms with van der Waals surface area (Å²) < 4.78 is 31.0. The van der Waals surface area contributed by atoms with E-state index in [4.69, 9.17) is 14.2 Å². The number of alkyl halides is 1. The number of rotatable bonds is 4. The van der Waals surface area contributed by atoms with Crippen LogP contribution in [0.3, 0.4) is 0 Å². The van der Waals surface area contributed by atoms with Gasteiger partial charge in [0.05, 0.1) is 24.9 Å². The third-order valence-corrected chi connectivity index (χ3v) is 6.77. The van der Waals surface area contributed by atoms with Crippen molar-refractivity contribution in [2.24, 2.45) is 17.8 Å². The first-order chi connectivity index (χ1) is 11.8. The van der Waals surface area contributed by atoms with E-state index in [9.17, 15) is 4.39 Å². The van der Waals surface area contributed by atoms with Gasteiger partial charge in [0.15, 0.2) is 0 Å². The van der Waals surface area contributed by atoms with Crippen LogP contribution in [0.15, 0.2) is 0 Å². The highest BCUT2D eigenvalue weighted by Gasteiger charge is 2.38. The Hall–Kier alpha value is 0.0600. The van der Waals surface area contributed by atoms with E-state index in [2.05, 4.69) is 5.32 Å². The number of ether oxygens (including phenoxy) is 3. The standard InChI is InChI=1S/C19H32FNO3.ClH/c20-15-3-1-13(2-4-15)17-7-8-21-10-14(17)11-22-16-5-6-18-19(9-16)24-12-23-18;/h13-19,21H,1-12H2;1H. The number of hydrogen-bond donors (Lipinski definition) is 1. The summed E-state index contributed by atoms with van der Waals surface area (Å²) in [6, 6.07) is 0. The average Bonchev–Trinajstić information content (AvgIpc) is 3.09. The Morgan fingerprint density at radius 2 is 1.76 bits per heavy atom. The monoisotopic (exact) mass is 377 g/mol. The first kappa shape index (κ1) is 19.8. The van der Waals surface area contributed by atoms with Gasteiger partial charge in [-0.25, -0.2) is 4.39 Å². The van der Waals surface area contributed by atoms with Gasteiger partial charge in [-0.3, -0.25) is 0 Å². The van der Waals surface area contributed by atoms with E-state index in [0.29, 0.717) is 36.8 Å². The fourth-order valence-electron chi connectivity index (χ4n) is 5.31. The van der Waals surface area contributed by atoms with E-state index in [1.165, 1.54) is 6.42 Å². The lowest BCUT2D eigenvalue weighted by Gasteiger charge is -2.40. The van der Waals surface area contributed by atoms with Crippen LogP contribution in [-0.2, 0) is 14.2 Å². The van der Waals surface area contributed by atoms with Gasteiger partial charge >= 0.3 is 0 Å². The minimum absolute atomic E-state index is 0. The minimum Gasteiger partial charge on any atom is -0.378 e. The summed E-state index contributed by atoms with van der Waals surface area (Å²) in [6.07, 6.45) is 8.32. The number of nitrogens with one attached hydrogen (secondary N) is 1. The van der Waals surface area contributed by atoms with Crippen molar-refractivity contribution in [2.45, 2.75) is 75.9 Å². The second-order valence-corrected chi connectivity index (χ2v) is 8.23. The molecule has 0 aromatic carbocycles. The predicted molar refractivity (Wildman–Crippen MR) is 96.8 cm³/mol. The van der Waals surface area contributed by atoms with Gasteiger partial charge in [-0.1, -0.05) is 0 Å². The number of piperidine rings is 1. The fraction of sp³-hybridized carbons (Fsp3) is 1.00. The summed E-state index contributed by atoms with van der Waals surface area (Å²) >= 11 is 0. The maximum Gasteiger partial charge on any atom is 0.147 e. The highest BCUT2D eigenvalue weighted by Crippen LogP contribution is 2.38. The molecule has 0 spiro atoms. The molecule has 4 aliphatic rings. The SMILES string of the molecule is Cl.FC1CCC(C2CCNCC2COC2CCC3OCOC3C2)CC1. The van der Waals surface area contributed by atoms with Crippen LogP contribution in [0.4, 0.5) is 4.39 Å². The van der Waals surface area contributed by atoms with Crippen molar-refractivity contribution in [3.05, 3.63) is 0 Å². The molecule has 2 aliphatic carbocycles. The molecule has 4 nitrogen and oxygen atoms in total. The maximum absolute atomic E-state index is 13.5. The van der Waals surface area contributed by atoms with Gasteiger partial charge in [0, 0.05) is 13.0 Å². The fourth-order valence-corrected chi connectivity index (χ4v) is 5.31. The summed E-state index contributed by atoms with van der Waals surface area (Å²) in [4.78, 5) is 0. The van der Waals surface area contributed by atoms with Gasteiger partial charge in [-0.2, -0.15) is 0 Å². The quantitative estimate of drug-likeness (QED) is 0.814. The molecule has 2 saturated carbocycles. The van der Waals surface area contributed by atoms with E-state index in [0.717, 1.165) is 64.6 Å². The first-order valence-electron chi connectivity index (χ1n) is 9.99. The van der Waals surface area contributed by atoms with E-state index in [1.54, 1.807) is 0 Å². The largest absolute Gasteiger partial charge is 0.378 e. The molecule has 5 atom stereocenters. The molecule has 2 saturated heterocycles. The Bertz CT molecular complexity index is 408. The summed E-state index contributed by atoms with van der Waals surface area (Å²) in [6.45, 7) is 3.46. The Labute approximate surface area is 156 Å².